The van der Waals surface area contributed by atoms with Gasteiger partial charge in [0.1, 0.15) is 6.10 Å². The summed E-state index contributed by atoms with van der Waals surface area (Å²) in [4.78, 5) is 12.2. The van der Waals surface area contributed by atoms with Crippen molar-refractivity contribution >= 4 is 40.2 Å². The van der Waals surface area contributed by atoms with Crippen LogP contribution in [-0.2, 0) is 14.3 Å². The van der Waals surface area contributed by atoms with E-state index in [1.54, 1.807) is 0 Å². The fourth-order valence-corrected chi connectivity index (χ4v) is 4.38. The number of methoxy groups -OCH3 is 1. The van der Waals surface area contributed by atoms with E-state index in [2.05, 4.69) is 28.7 Å². The van der Waals surface area contributed by atoms with E-state index in [1.807, 2.05) is 12.1 Å². The van der Waals surface area contributed by atoms with Crippen molar-refractivity contribution in [3.05, 3.63) is 32.4 Å². The van der Waals surface area contributed by atoms with Gasteiger partial charge < -0.3 is 9.47 Å². The van der Waals surface area contributed by atoms with E-state index in [9.17, 15) is 4.79 Å². The molecule has 2 saturated carbocycles. The molecule has 106 valence electrons. The fraction of sp³-hybridized carbons (Fsp3) is 0.533. The van der Waals surface area contributed by atoms with Crippen LogP contribution in [-0.4, -0.2) is 24.8 Å². The summed E-state index contributed by atoms with van der Waals surface area (Å²) >= 11 is 8.44. The molecule has 0 aromatic heterocycles. The van der Waals surface area contributed by atoms with Gasteiger partial charge in [0.2, 0.25) is 0 Å². The highest BCUT2D eigenvalue weighted by Crippen LogP contribution is 2.72. The van der Waals surface area contributed by atoms with Crippen molar-refractivity contribution in [1.82, 2.24) is 0 Å². The lowest BCUT2D eigenvalue weighted by Crippen LogP contribution is -2.33. The number of hydrogen-bond acceptors (Lipinski definition) is 3. The molecular weight excluding hydrogens is 391 g/mol. The molecule has 5 heteroatoms. The summed E-state index contributed by atoms with van der Waals surface area (Å²) in [5, 5.41) is 0.746. The lowest BCUT2D eigenvalue weighted by atomic mass is 9.75. The molecule has 3 fully saturated rings. The third kappa shape index (κ3) is 1.77. The summed E-state index contributed by atoms with van der Waals surface area (Å²) in [5.41, 5.74) is 1.16. The van der Waals surface area contributed by atoms with Crippen LogP contribution in [0.4, 0.5) is 0 Å². The summed E-state index contributed by atoms with van der Waals surface area (Å²) in [6, 6.07) is 6.07. The third-order valence-electron chi connectivity index (χ3n) is 5.01. The van der Waals surface area contributed by atoms with E-state index < -0.39 is 0 Å². The average Bonchev–Trinajstić information content (AvgIpc) is 3.31. The lowest BCUT2D eigenvalue weighted by molar-refractivity contribution is -0.147. The number of benzene rings is 1. The Morgan fingerprint density at radius 3 is 3.05 bits per heavy atom. The largest absolute Gasteiger partial charge is 0.469 e. The second kappa shape index (κ2) is 4.34. The normalized spacial score (nSPS) is 40.5. The highest BCUT2D eigenvalue weighted by Gasteiger charge is 2.79. The molecule has 1 saturated heterocycles. The molecule has 1 spiro atoms. The van der Waals surface area contributed by atoms with Crippen molar-refractivity contribution in [2.75, 3.05) is 7.11 Å². The van der Waals surface area contributed by atoms with E-state index in [4.69, 9.17) is 21.1 Å². The monoisotopic (exact) mass is 404 g/mol. The third-order valence-corrected chi connectivity index (χ3v) is 6.58. The highest BCUT2D eigenvalue weighted by atomic mass is 127. The Balaban J connectivity index is 1.70. The molecule has 5 unspecified atom stereocenters. The van der Waals surface area contributed by atoms with Crippen molar-refractivity contribution in [3.63, 3.8) is 0 Å². The topological polar surface area (TPSA) is 38.8 Å². The lowest BCUT2D eigenvalue weighted by Gasteiger charge is -2.27. The van der Waals surface area contributed by atoms with Crippen molar-refractivity contribution in [1.29, 1.82) is 0 Å². The van der Waals surface area contributed by atoms with E-state index in [0.29, 0.717) is 5.92 Å². The predicted octanol–water partition coefficient (Wildman–Crippen LogP) is 3.38. The van der Waals surface area contributed by atoms with Crippen LogP contribution in [0.2, 0.25) is 5.02 Å². The molecule has 0 bridgehead atoms. The molecule has 4 rings (SSSR count). The number of epoxide rings is 1. The maximum Gasteiger partial charge on any atom is 0.312 e. The van der Waals surface area contributed by atoms with E-state index in [0.717, 1.165) is 27.0 Å². The number of ether oxygens (including phenoxy) is 2. The zero-order valence-corrected chi connectivity index (χ0v) is 13.8. The van der Waals surface area contributed by atoms with Gasteiger partial charge in [-0.25, -0.2) is 0 Å². The van der Waals surface area contributed by atoms with Gasteiger partial charge in [0.05, 0.1) is 23.7 Å². The van der Waals surface area contributed by atoms with Gasteiger partial charge in [-0.1, -0.05) is 17.7 Å². The van der Waals surface area contributed by atoms with Gasteiger partial charge in [-0.2, -0.15) is 0 Å². The van der Waals surface area contributed by atoms with Crippen LogP contribution in [0.25, 0.3) is 0 Å². The van der Waals surface area contributed by atoms with Gasteiger partial charge in [-0.15, -0.1) is 0 Å². The Bertz CT molecular complexity index is 605. The van der Waals surface area contributed by atoms with Crippen LogP contribution in [0.1, 0.15) is 24.3 Å². The van der Waals surface area contributed by atoms with E-state index in [1.165, 1.54) is 7.11 Å². The maximum atomic E-state index is 12.2. The van der Waals surface area contributed by atoms with Crippen molar-refractivity contribution in [3.8, 4) is 0 Å². The molecule has 2 aliphatic carbocycles. The standard InChI is InChI=1S/C15H14ClIO3/c1-19-14(18)12-9(5-8-6-15(8)13(12)20-15)7-2-3-11(17)10(16)4-7/h2-4,8-9,12-13H,5-6H2,1H3. The maximum absolute atomic E-state index is 12.2. The average molecular weight is 405 g/mol. The predicted molar refractivity (Wildman–Crippen MR) is 82.7 cm³/mol. The molecule has 3 nitrogen and oxygen atoms in total. The molecule has 1 heterocycles. The fourth-order valence-electron chi connectivity index (χ4n) is 3.86. The van der Waals surface area contributed by atoms with E-state index in [-0.39, 0.29) is 29.5 Å². The van der Waals surface area contributed by atoms with Crippen LogP contribution in [0.15, 0.2) is 18.2 Å². The smallest absolute Gasteiger partial charge is 0.312 e. The molecular formula is C15H14ClIO3. The van der Waals surface area contributed by atoms with Crippen molar-refractivity contribution < 1.29 is 14.3 Å². The number of rotatable bonds is 2. The molecule has 5 atom stereocenters. The summed E-state index contributed by atoms with van der Waals surface area (Å²) < 4.78 is 11.9. The van der Waals surface area contributed by atoms with Crippen LogP contribution in [0.5, 0.6) is 0 Å². The number of halogens is 2. The summed E-state index contributed by atoms with van der Waals surface area (Å²) in [5.74, 6) is 0.424. The van der Waals surface area contributed by atoms with Crippen LogP contribution in [0, 0.1) is 15.4 Å². The second-order valence-electron chi connectivity index (χ2n) is 5.96. The number of hydrogen-bond donors (Lipinski definition) is 0. The van der Waals surface area contributed by atoms with Gasteiger partial charge in [0.15, 0.2) is 0 Å². The minimum atomic E-state index is -0.185. The number of carbonyl (C=O) groups excluding carboxylic acids is 1. The minimum Gasteiger partial charge on any atom is -0.469 e. The van der Waals surface area contributed by atoms with Crippen LogP contribution < -0.4 is 0 Å². The van der Waals surface area contributed by atoms with Gasteiger partial charge in [0, 0.05) is 9.49 Å². The number of esters is 1. The molecule has 0 N–H and O–H groups in total. The molecule has 0 amide bonds. The number of carbonyl (C=O) groups is 1. The Labute approximate surface area is 136 Å². The Kier molecular flexibility index (Phi) is 2.89. The molecule has 1 aliphatic heterocycles. The van der Waals surface area contributed by atoms with Gasteiger partial charge in [-0.3, -0.25) is 4.79 Å². The highest BCUT2D eigenvalue weighted by molar-refractivity contribution is 14.1. The Morgan fingerprint density at radius 1 is 1.55 bits per heavy atom. The molecule has 1 aromatic rings. The summed E-state index contributed by atoms with van der Waals surface area (Å²) in [6.07, 6.45) is 2.14. The first-order chi connectivity index (χ1) is 9.56. The minimum absolute atomic E-state index is 0.0301. The molecule has 20 heavy (non-hydrogen) atoms. The van der Waals surface area contributed by atoms with Crippen LogP contribution >= 0.6 is 34.2 Å². The van der Waals surface area contributed by atoms with Gasteiger partial charge in [-0.05, 0) is 59.0 Å². The molecule has 0 radical (unpaired) electrons. The molecule has 3 aliphatic rings. The quantitative estimate of drug-likeness (QED) is 0.431. The zero-order chi connectivity index (χ0) is 14.1. The summed E-state index contributed by atoms with van der Waals surface area (Å²) in [7, 11) is 1.45. The van der Waals surface area contributed by atoms with Crippen molar-refractivity contribution in [2.24, 2.45) is 11.8 Å². The van der Waals surface area contributed by atoms with Crippen molar-refractivity contribution in [2.45, 2.75) is 30.5 Å². The first kappa shape index (κ1) is 13.3. The first-order valence-corrected chi connectivity index (χ1v) is 8.23. The van der Waals surface area contributed by atoms with E-state index >= 15 is 0 Å². The molecule has 1 aromatic carbocycles. The van der Waals surface area contributed by atoms with Crippen LogP contribution in [0.3, 0.4) is 0 Å². The SMILES string of the molecule is COC(=O)C1C(c2ccc(I)c(Cl)c2)CC2CC23OC13. The first-order valence-electron chi connectivity index (χ1n) is 6.77. The van der Waals surface area contributed by atoms with Gasteiger partial charge >= 0.3 is 5.97 Å². The Morgan fingerprint density at radius 2 is 2.35 bits per heavy atom. The second-order valence-corrected chi connectivity index (χ2v) is 7.53. The summed E-state index contributed by atoms with van der Waals surface area (Å²) in [6.45, 7) is 0. The Hall–Kier alpha value is -0.330. The zero-order valence-electron chi connectivity index (χ0n) is 10.9. The van der Waals surface area contributed by atoms with Gasteiger partial charge in [0.25, 0.3) is 0 Å².